The lowest BCUT2D eigenvalue weighted by Gasteiger charge is -2.34. The number of nitrogens with zero attached hydrogens (tertiary/aromatic N) is 2. The van der Waals surface area contributed by atoms with Gasteiger partial charge in [0.2, 0.25) is 0 Å². The van der Waals surface area contributed by atoms with Gasteiger partial charge in [0, 0.05) is 37.6 Å². The van der Waals surface area contributed by atoms with Crippen molar-refractivity contribution in [1.82, 2.24) is 13.9 Å². The minimum atomic E-state index is -3.44. The van der Waals surface area contributed by atoms with Gasteiger partial charge in [0.25, 0.3) is 10.2 Å². The van der Waals surface area contributed by atoms with Crippen molar-refractivity contribution < 1.29 is 13.2 Å². The SMILES string of the molecule is CCCN(CCC)S(=O)(=O)NCC(c1cccs1)N1CCOCC1. The summed E-state index contributed by atoms with van der Waals surface area (Å²) in [4.78, 5) is 3.50. The zero-order chi connectivity index (χ0) is 17.4. The third-order valence-corrected chi connectivity index (χ3v) is 6.65. The number of thiophene rings is 1. The third kappa shape index (κ3) is 5.50. The van der Waals surface area contributed by atoms with Crippen LogP contribution in [0.1, 0.15) is 37.6 Å². The van der Waals surface area contributed by atoms with E-state index in [9.17, 15) is 8.42 Å². The normalized spacial score (nSPS) is 18.1. The first kappa shape index (κ1) is 19.8. The molecule has 2 heterocycles. The van der Waals surface area contributed by atoms with Crippen LogP contribution in [0, 0.1) is 0 Å². The van der Waals surface area contributed by atoms with Crippen LogP contribution in [-0.4, -0.2) is 63.6 Å². The van der Waals surface area contributed by atoms with Crippen LogP contribution in [0.2, 0.25) is 0 Å². The van der Waals surface area contributed by atoms with Crippen LogP contribution < -0.4 is 4.72 Å². The molecule has 1 aliphatic rings. The molecule has 1 aromatic heterocycles. The Balaban J connectivity index is 2.06. The minimum Gasteiger partial charge on any atom is -0.379 e. The average Bonchev–Trinajstić information content (AvgIpc) is 3.10. The molecule has 0 saturated carbocycles. The highest BCUT2D eigenvalue weighted by Gasteiger charge is 2.27. The van der Waals surface area contributed by atoms with E-state index in [2.05, 4.69) is 15.7 Å². The Morgan fingerprint density at radius 2 is 1.96 bits per heavy atom. The molecule has 6 nitrogen and oxygen atoms in total. The van der Waals surface area contributed by atoms with Crippen molar-refractivity contribution in [2.75, 3.05) is 45.9 Å². The van der Waals surface area contributed by atoms with Gasteiger partial charge in [0.1, 0.15) is 0 Å². The Bertz CT molecular complexity index is 551. The zero-order valence-corrected chi connectivity index (χ0v) is 16.2. The van der Waals surface area contributed by atoms with Crippen LogP contribution in [0.5, 0.6) is 0 Å². The van der Waals surface area contributed by atoms with Crippen molar-refractivity contribution in [3.05, 3.63) is 22.4 Å². The quantitative estimate of drug-likeness (QED) is 0.680. The van der Waals surface area contributed by atoms with Crippen molar-refractivity contribution in [3.63, 3.8) is 0 Å². The van der Waals surface area contributed by atoms with E-state index in [-0.39, 0.29) is 6.04 Å². The van der Waals surface area contributed by atoms with Gasteiger partial charge in [-0.05, 0) is 24.3 Å². The second-order valence-electron chi connectivity index (χ2n) is 5.93. The standard InChI is InChI=1S/C16H29N3O3S2/c1-3-7-19(8-4-2)24(20,21)17-14-15(16-6-5-13-23-16)18-9-11-22-12-10-18/h5-6,13,15,17H,3-4,7-12,14H2,1-2H3. The monoisotopic (exact) mass is 375 g/mol. The third-order valence-electron chi connectivity index (χ3n) is 4.10. The number of nitrogens with one attached hydrogen (secondary N) is 1. The molecule has 0 aliphatic carbocycles. The van der Waals surface area contributed by atoms with Crippen LogP contribution in [0.25, 0.3) is 0 Å². The first-order valence-electron chi connectivity index (χ1n) is 8.68. The van der Waals surface area contributed by atoms with E-state index in [0.29, 0.717) is 32.8 Å². The summed E-state index contributed by atoms with van der Waals surface area (Å²) in [6.45, 7) is 8.58. The summed E-state index contributed by atoms with van der Waals surface area (Å²) < 4.78 is 35.1. The predicted octanol–water partition coefficient (Wildman–Crippen LogP) is 2.08. The summed E-state index contributed by atoms with van der Waals surface area (Å²) in [5.74, 6) is 0. The van der Waals surface area contributed by atoms with E-state index < -0.39 is 10.2 Å². The van der Waals surface area contributed by atoms with Crippen LogP contribution >= 0.6 is 11.3 Å². The second-order valence-corrected chi connectivity index (χ2v) is 8.67. The molecule has 1 atom stereocenters. The van der Waals surface area contributed by atoms with Gasteiger partial charge in [-0.3, -0.25) is 4.90 Å². The van der Waals surface area contributed by atoms with E-state index in [1.807, 2.05) is 25.3 Å². The first-order valence-corrected chi connectivity index (χ1v) is 11.0. The molecule has 0 bridgehead atoms. The molecule has 1 unspecified atom stereocenters. The summed E-state index contributed by atoms with van der Waals surface area (Å²) in [6.07, 6.45) is 1.64. The molecule has 138 valence electrons. The molecule has 0 amide bonds. The summed E-state index contributed by atoms with van der Waals surface area (Å²) in [6, 6.07) is 4.16. The van der Waals surface area contributed by atoms with Crippen LogP contribution in [0.4, 0.5) is 0 Å². The Kier molecular flexibility index (Phi) is 8.12. The first-order chi connectivity index (χ1) is 11.6. The van der Waals surface area contributed by atoms with Crippen molar-refractivity contribution in [1.29, 1.82) is 0 Å². The fourth-order valence-electron chi connectivity index (χ4n) is 2.91. The van der Waals surface area contributed by atoms with Gasteiger partial charge in [0.05, 0.1) is 19.3 Å². The summed E-state index contributed by atoms with van der Waals surface area (Å²) in [5.41, 5.74) is 0. The molecule has 0 aromatic carbocycles. The summed E-state index contributed by atoms with van der Waals surface area (Å²) in [7, 11) is -3.44. The van der Waals surface area contributed by atoms with Gasteiger partial charge in [-0.1, -0.05) is 19.9 Å². The molecule has 1 saturated heterocycles. The lowest BCUT2D eigenvalue weighted by Crippen LogP contribution is -2.47. The van der Waals surface area contributed by atoms with Gasteiger partial charge in [-0.2, -0.15) is 12.7 Å². The largest absolute Gasteiger partial charge is 0.379 e. The molecule has 1 aromatic rings. The summed E-state index contributed by atoms with van der Waals surface area (Å²) in [5, 5.41) is 2.04. The maximum absolute atomic E-state index is 12.6. The van der Waals surface area contributed by atoms with E-state index >= 15 is 0 Å². The molecule has 1 aliphatic heterocycles. The van der Waals surface area contributed by atoms with Crippen LogP contribution in [-0.2, 0) is 14.9 Å². The molecular weight excluding hydrogens is 346 g/mol. The highest BCUT2D eigenvalue weighted by Crippen LogP contribution is 2.25. The summed E-state index contributed by atoms with van der Waals surface area (Å²) >= 11 is 1.67. The molecule has 1 N–H and O–H groups in total. The van der Waals surface area contributed by atoms with Gasteiger partial charge >= 0.3 is 0 Å². The number of rotatable bonds is 10. The smallest absolute Gasteiger partial charge is 0.279 e. The van der Waals surface area contributed by atoms with E-state index in [0.717, 1.165) is 25.9 Å². The Morgan fingerprint density at radius 3 is 2.50 bits per heavy atom. The topological polar surface area (TPSA) is 61.9 Å². The Labute approximate surface area is 150 Å². The molecule has 0 radical (unpaired) electrons. The van der Waals surface area contributed by atoms with E-state index in [1.165, 1.54) is 4.88 Å². The highest BCUT2D eigenvalue weighted by atomic mass is 32.2. The van der Waals surface area contributed by atoms with Crippen molar-refractivity contribution in [2.45, 2.75) is 32.7 Å². The predicted molar refractivity (Wildman–Crippen MR) is 98.5 cm³/mol. The molecule has 0 spiro atoms. The highest BCUT2D eigenvalue weighted by molar-refractivity contribution is 7.87. The minimum absolute atomic E-state index is 0.0637. The fraction of sp³-hybridized carbons (Fsp3) is 0.750. The molecule has 8 heteroatoms. The lowest BCUT2D eigenvalue weighted by atomic mass is 10.2. The van der Waals surface area contributed by atoms with Gasteiger partial charge in [-0.15, -0.1) is 11.3 Å². The van der Waals surface area contributed by atoms with Gasteiger partial charge in [0.15, 0.2) is 0 Å². The van der Waals surface area contributed by atoms with E-state index in [1.54, 1.807) is 15.6 Å². The average molecular weight is 376 g/mol. The molecular formula is C16H29N3O3S2. The number of morpholine rings is 1. The maximum Gasteiger partial charge on any atom is 0.279 e. The number of ether oxygens (including phenoxy) is 1. The van der Waals surface area contributed by atoms with Crippen molar-refractivity contribution in [3.8, 4) is 0 Å². The van der Waals surface area contributed by atoms with Crippen LogP contribution in [0.15, 0.2) is 17.5 Å². The fourth-order valence-corrected chi connectivity index (χ4v) is 5.16. The van der Waals surface area contributed by atoms with Crippen LogP contribution in [0.3, 0.4) is 0 Å². The molecule has 2 rings (SSSR count). The van der Waals surface area contributed by atoms with Crippen molar-refractivity contribution >= 4 is 21.5 Å². The van der Waals surface area contributed by atoms with Gasteiger partial charge in [-0.25, -0.2) is 4.72 Å². The molecule has 24 heavy (non-hydrogen) atoms. The second kappa shape index (κ2) is 9.84. The Hall–Kier alpha value is -0.510. The maximum atomic E-state index is 12.6. The van der Waals surface area contributed by atoms with Crippen molar-refractivity contribution in [2.24, 2.45) is 0 Å². The number of hydrogen-bond acceptors (Lipinski definition) is 5. The number of hydrogen-bond donors (Lipinski definition) is 1. The zero-order valence-electron chi connectivity index (χ0n) is 14.6. The van der Waals surface area contributed by atoms with E-state index in [4.69, 9.17) is 4.74 Å². The lowest BCUT2D eigenvalue weighted by molar-refractivity contribution is 0.0178. The Morgan fingerprint density at radius 1 is 1.29 bits per heavy atom. The van der Waals surface area contributed by atoms with Gasteiger partial charge < -0.3 is 4.74 Å². The molecule has 1 fully saturated rings.